The number of carbonyl (C=O) groups excluding carboxylic acids is 4. The molecule has 0 saturated heterocycles. The van der Waals surface area contributed by atoms with Gasteiger partial charge in [-0.2, -0.15) is 4.90 Å². The van der Waals surface area contributed by atoms with Crippen molar-refractivity contribution in [1.82, 2.24) is 9.97 Å². The Balaban J connectivity index is 1.92. The third-order valence-corrected chi connectivity index (χ3v) is 7.67. The number of benzene rings is 2. The first kappa shape index (κ1) is 38.7. The normalized spacial score (nSPS) is 12.7. The average molecular weight is 744 g/mol. The van der Waals surface area contributed by atoms with Crippen LogP contribution in [-0.2, 0) is 14.3 Å². The summed E-state index contributed by atoms with van der Waals surface area (Å²) in [5, 5.41) is 2.37. The first-order valence-corrected chi connectivity index (χ1v) is 16.5. The number of nitrogens with one attached hydrogen (secondary N) is 1. The molecule has 14 nitrogen and oxygen atoms in total. The molecule has 0 radical (unpaired) electrons. The third-order valence-electron chi connectivity index (χ3n) is 6.94. The first-order chi connectivity index (χ1) is 23.9. The molecule has 16 heteroatoms. The van der Waals surface area contributed by atoms with E-state index in [1.165, 1.54) is 31.3 Å². The number of aromatic nitrogens is 2. The molecule has 1 saturated carbocycles. The number of imide groups is 1. The highest BCUT2D eigenvalue weighted by atomic mass is 35.5. The molecule has 1 fully saturated rings. The molecular weight excluding hydrogens is 703 g/mol. The molecule has 5 amide bonds. The summed E-state index contributed by atoms with van der Waals surface area (Å²) in [5.41, 5.74) is -1.75. The topological polar surface area (TPSA) is 153 Å². The van der Waals surface area contributed by atoms with Gasteiger partial charge in [0.1, 0.15) is 56.4 Å². The van der Waals surface area contributed by atoms with Gasteiger partial charge in [-0.1, -0.05) is 41.9 Å². The molecule has 1 aromatic heterocycles. The van der Waals surface area contributed by atoms with E-state index in [9.17, 15) is 19.2 Å². The molecular formula is C35H40Cl2N6O8. The molecule has 1 heterocycles. The van der Waals surface area contributed by atoms with Crippen molar-refractivity contribution in [2.45, 2.75) is 71.6 Å². The van der Waals surface area contributed by atoms with Crippen LogP contribution in [0.2, 0.25) is 10.0 Å². The van der Waals surface area contributed by atoms with Crippen molar-refractivity contribution in [2.75, 3.05) is 34.2 Å². The Labute approximate surface area is 306 Å². The minimum Gasteiger partial charge on any atom is -0.495 e. The summed E-state index contributed by atoms with van der Waals surface area (Å²) in [6.07, 6.45) is 1.43. The minimum absolute atomic E-state index is 0.0177. The summed E-state index contributed by atoms with van der Waals surface area (Å²) >= 11 is 13.4. The van der Waals surface area contributed by atoms with E-state index in [1.54, 1.807) is 65.8 Å². The molecule has 51 heavy (non-hydrogen) atoms. The number of ether oxygens (including phenoxy) is 4. The maximum Gasteiger partial charge on any atom is 0.423 e. The highest BCUT2D eigenvalue weighted by Crippen LogP contribution is 2.47. The van der Waals surface area contributed by atoms with Crippen LogP contribution in [0.25, 0.3) is 0 Å². The van der Waals surface area contributed by atoms with E-state index >= 15 is 0 Å². The summed E-state index contributed by atoms with van der Waals surface area (Å²) in [5.74, 6) is -0.368. The molecule has 1 aliphatic rings. The fourth-order valence-corrected chi connectivity index (χ4v) is 5.37. The van der Waals surface area contributed by atoms with Crippen LogP contribution < -0.4 is 29.5 Å². The number of hydrogen-bond acceptors (Lipinski definition) is 10. The molecule has 2 aromatic carbocycles. The summed E-state index contributed by atoms with van der Waals surface area (Å²) in [7, 11) is 2.71. The minimum atomic E-state index is -1.09. The van der Waals surface area contributed by atoms with E-state index in [-0.39, 0.29) is 50.2 Å². The van der Waals surface area contributed by atoms with Gasteiger partial charge in [-0.25, -0.2) is 29.3 Å². The van der Waals surface area contributed by atoms with Crippen molar-refractivity contribution in [2.24, 2.45) is 0 Å². The van der Waals surface area contributed by atoms with Gasteiger partial charge in [-0.05, 0) is 72.6 Å². The van der Waals surface area contributed by atoms with Crippen molar-refractivity contribution in [3.63, 3.8) is 0 Å². The number of carbonyl (C=O) groups is 4. The monoisotopic (exact) mass is 742 g/mol. The molecule has 0 bridgehead atoms. The van der Waals surface area contributed by atoms with Crippen molar-refractivity contribution in [1.29, 1.82) is 0 Å². The highest BCUT2D eigenvalue weighted by molar-refractivity contribution is 6.43. The van der Waals surface area contributed by atoms with E-state index in [4.69, 9.17) is 42.1 Å². The molecule has 1 aliphatic carbocycles. The van der Waals surface area contributed by atoms with Gasteiger partial charge in [0, 0.05) is 18.2 Å². The van der Waals surface area contributed by atoms with Crippen molar-refractivity contribution in [3.05, 3.63) is 65.4 Å². The Bertz CT molecular complexity index is 1810. The van der Waals surface area contributed by atoms with E-state index in [0.717, 1.165) is 17.3 Å². The smallest absolute Gasteiger partial charge is 0.423 e. The zero-order valence-corrected chi connectivity index (χ0v) is 31.1. The van der Waals surface area contributed by atoms with Crippen molar-refractivity contribution in [3.8, 4) is 11.5 Å². The number of hydrogen-bond donors (Lipinski definition) is 1. The molecule has 3 aromatic rings. The SMILES string of the molecule is C=CC(=O)Nc1ccccc1N(C(=O)OC(C)(C)C)c1cc(N(C(=O)N(C(=O)OC(C)(C)C)c2c(Cl)c(OC)cc(OC)c2Cl)C2CC2)ncn1. The van der Waals surface area contributed by atoms with Crippen LogP contribution in [0.4, 0.5) is 43.1 Å². The summed E-state index contributed by atoms with van der Waals surface area (Å²) in [4.78, 5) is 66.7. The Morgan fingerprint density at radius 2 is 1.41 bits per heavy atom. The standard InChI is InChI=1S/C35H40Cl2N6O8/c1-10-27(44)40-21-13-11-12-14-22(21)42(32(46)50-34(2,3)4)26-18-25(38-19-39-26)41(20-15-16-20)31(45)43(33(47)51-35(5,6)7)30-28(36)23(48-8)17-24(49-9)29(30)37/h10-14,17-20H,1,15-16H2,2-9H3,(H,40,44). The molecule has 0 aliphatic heterocycles. The summed E-state index contributed by atoms with van der Waals surface area (Å²) in [6.45, 7) is 13.5. The third kappa shape index (κ3) is 9.18. The maximum absolute atomic E-state index is 14.8. The number of amides is 5. The first-order valence-electron chi connectivity index (χ1n) is 15.7. The van der Waals surface area contributed by atoms with E-state index in [1.807, 2.05) is 0 Å². The van der Waals surface area contributed by atoms with Gasteiger partial charge < -0.3 is 24.3 Å². The van der Waals surface area contributed by atoms with Gasteiger partial charge in [0.25, 0.3) is 0 Å². The number of para-hydroxylation sites is 2. The second-order valence-electron chi connectivity index (χ2n) is 13.2. The fraction of sp³-hybridized carbons (Fsp3) is 0.371. The van der Waals surface area contributed by atoms with Gasteiger partial charge in [0.2, 0.25) is 5.91 Å². The molecule has 4 rings (SSSR count). The lowest BCUT2D eigenvalue weighted by molar-refractivity contribution is -0.111. The fourth-order valence-electron chi connectivity index (χ4n) is 4.70. The highest BCUT2D eigenvalue weighted by Gasteiger charge is 2.43. The number of urea groups is 1. The number of rotatable bonds is 9. The maximum atomic E-state index is 14.8. The van der Waals surface area contributed by atoms with Crippen LogP contribution in [0, 0.1) is 0 Å². The zero-order chi connectivity index (χ0) is 37.8. The Morgan fingerprint density at radius 1 is 0.863 bits per heavy atom. The van der Waals surface area contributed by atoms with Crippen LogP contribution in [0.5, 0.6) is 11.5 Å². The van der Waals surface area contributed by atoms with Gasteiger partial charge >= 0.3 is 18.2 Å². The average Bonchev–Trinajstić information content (AvgIpc) is 3.88. The lowest BCUT2D eigenvalue weighted by Gasteiger charge is -2.32. The predicted molar refractivity (Wildman–Crippen MR) is 195 cm³/mol. The Morgan fingerprint density at radius 3 is 1.94 bits per heavy atom. The molecule has 272 valence electrons. The van der Waals surface area contributed by atoms with Gasteiger partial charge in [0.05, 0.1) is 25.6 Å². The Kier molecular flexibility index (Phi) is 11.7. The Hall–Kier alpha value is -5.08. The van der Waals surface area contributed by atoms with Gasteiger partial charge in [0.15, 0.2) is 0 Å². The lowest BCUT2D eigenvalue weighted by atomic mass is 10.2. The molecule has 0 spiro atoms. The molecule has 0 atom stereocenters. The summed E-state index contributed by atoms with van der Waals surface area (Å²) in [6, 6.07) is 7.96. The number of anilines is 5. The van der Waals surface area contributed by atoms with Crippen LogP contribution >= 0.6 is 23.2 Å². The summed E-state index contributed by atoms with van der Waals surface area (Å²) < 4.78 is 22.2. The van der Waals surface area contributed by atoms with Crippen LogP contribution in [0.1, 0.15) is 54.4 Å². The second kappa shape index (κ2) is 15.4. The number of halogens is 2. The predicted octanol–water partition coefficient (Wildman–Crippen LogP) is 8.53. The number of methoxy groups -OCH3 is 2. The van der Waals surface area contributed by atoms with Crippen LogP contribution in [0.3, 0.4) is 0 Å². The van der Waals surface area contributed by atoms with E-state index in [2.05, 4.69) is 21.9 Å². The quantitative estimate of drug-likeness (QED) is 0.211. The van der Waals surface area contributed by atoms with Crippen LogP contribution in [0.15, 0.2) is 55.4 Å². The largest absolute Gasteiger partial charge is 0.495 e. The lowest BCUT2D eigenvalue weighted by Crippen LogP contribution is -2.50. The van der Waals surface area contributed by atoms with Crippen molar-refractivity contribution < 1.29 is 38.1 Å². The number of nitrogens with zero attached hydrogens (tertiary/aromatic N) is 5. The molecule has 1 N–H and O–H groups in total. The zero-order valence-electron chi connectivity index (χ0n) is 29.6. The van der Waals surface area contributed by atoms with Gasteiger partial charge in [-0.3, -0.25) is 9.69 Å². The second-order valence-corrected chi connectivity index (χ2v) is 14.0. The van der Waals surface area contributed by atoms with Crippen molar-refractivity contribution >= 4 is 76.0 Å². The molecule has 0 unspecified atom stereocenters. The van der Waals surface area contributed by atoms with E-state index in [0.29, 0.717) is 17.7 Å². The van der Waals surface area contributed by atoms with Gasteiger partial charge in [-0.15, -0.1) is 0 Å². The van der Waals surface area contributed by atoms with Crippen LogP contribution in [-0.4, -0.2) is 65.6 Å². The van der Waals surface area contributed by atoms with E-state index < -0.39 is 41.4 Å².